The summed E-state index contributed by atoms with van der Waals surface area (Å²) in [6.45, 7) is 0.578. The normalized spacial score (nSPS) is 11.6. The highest BCUT2D eigenvalue weighted by Gasteiger charge is 2.26. The lowest BCUT2D eigenvalue weighted by Gasteiger charge is -2.19. The maximum absolute atomic E-state index is 12.4. The average Bonchev–Trinajstić information content (AvgIpc) is 2.48. The van der Waals surface area contributed by atoms with Crippen LogP contribution in [-0.4, -0.2) is 26.2 Å². The highest BCUT2D eigenvalue weighted by molar-refractivity contribution is 7.91. The van der Waals surface area contributed by atoms with Crippen molar-refractivity contribution in [2.75, 3.05) is 11.9 Å². The van der Waals surface area contributed by atoms with Gasteiger partial charge in [-0.2, -0.15) is 8.78 Å². The number of rotatable bonds is 5. The fourth-order valence-corrected chi connectivity index (χ4v) is 2.57. The molecule has 0 aliphatic rings. The average molecular weight is 312 g/mol. The molecule has 0 atom stereocenters. The number of nitrogens with zero attached hydrogens (tertiary/aromatic N) is 2. The summed E-state index contributed by atoms with van der Waals surface area (Å²) in [6.07, 6.45) is 3.40. The van der Waals surface area contributed by atoms with Crippen molar-refractivity contribution in [1.82, 2.24) is 4.98 Å². The van der Waals surface area contributed by atoms with E-state index in [2.05, 4.69) is 4.98 Å². The molecule has 0 fully saturated rings. The number of hydrogen-bond acceptors (Lipinski definition) is 4. The van der Waals surface area contributed by atoms with Gasteiger partial charge < -0.3 is 4.90 Å². The van der Waals surface area contributed by atoms with Crippen molar-refractivity contribution in [2.45, 2.75) is 17.2 Å². The van der Waals surface area contributed by atoms with Crippen LogP contribution in [0, 0.1) is 0 Å². The van der Waals surface area contributed by atoms with Gasteiger partial charge in [0.25, 0.3) is 0 Å². The first-order chi connectivity index (χ1) is 9.91. The van der Waals surface area contributed by atoms with Gasteiger partial charge in [-0.1, -0.05) is 6.07 Å². The van der Waals surface area contributed by atoms with Crippen molar-refractivity contribution < 1.29 is 17.2 Å². The van der Waals surface area contributed by atoms with Crippen LogP contribution in [0.2, 0.25) is 0 Å². The second kappa shape index (κ2) is 6.17. The summed E-state index contributed by atoms with van der Waals surface area (Å²) >= 11 is 0. The number of anilines is 1. The predicted octanol–water partition coefficient (Wildman–Crippen LogP) is 2.71. The Morgan fingerprint density at radius 3 is 2.38 bits per heavy atom. The molecule has 0 N–H and O–H groups in total. The second-order valence-electron chi connectivity index (χ2n) is 4.52. The first-order valence-electron chi connectivity index (χ1n) is 6.13. The smallest absolute Gasteiger partial charge is 0.341 e. The van der Waals surface area contributed by atoms with Crippen LogP contribution in [0.1, 0.15) is 5.56 Å². The van der Waals surface area contributed by atoms with Crippen molar-refractivity contribution in [3.63, 3.8) is 0 Å². The molecule has 0 saturated carbocycles. The van der Waals surface area contributed by atoms with Crippen LogP contribution in [0.25, 0.3) is 0 Å². The quantitative estimate of drug-likeness (QED) is 0.852. The SMILES string of the molecule is CN(Cc1cccnc1)c1ccc(S(=O)(=O)C(F)F)cc1. The molecule has 2 aromatic rings. The van der Waals surface area contributed by atoms with E-state index in [1.807, 2.05) is 24.1 Å². The molecule has 1 heterocycles. The number of alkyl halides is 2. The van der Waals surface area contributed by atoms with Crippen molar-refractivity contribution >= 4 is 15.5 Å². The van der Waals surface area contributed by atoms with Gasteiger partial charge >= 0.3 is 5.76 Å². The zero-order chi connectivity index (χ0) is 15.5. The molecule has 0 aliphatic carbocycles. The fraction of sp³-hybridized carbons (Fsp3) is 0.214. The number of pyridine rings is 1. The van der Waals surface area contributed by atoms with E-state index >= 15 is 0 Å². The molecular formula is C14H14F2N2O2S. The molecule has 1 aromatic carbocycles. The molecule has 1 aromatic heterocycles. The lowest BCUT2D eigenvalue weighted by Crippen LogP contribution is -2.17. The van der Waals surface area contributed by atoms with E-state index in [1.165, 1.54) is 24.3 Å². The van der Waals surface area contributed by atoms with Crippen LogP contribution in [0.5, 0.6) is 0 Å². The molecular weight excluding hydrogens is 298 g/mol. The number of benzene rings is 1. The van der Waals surface area contributed by atoms with E-state index < -0.39 is 15.6 Å². The Bertz CT molecular complexity index is 689. The Hall–Kier alpha value is -2.02. The van der Waals surface area contributed by atoms with E-state index in [0.29, 0.717) is 6.54 Å². The van der Waals surface area contributed by atoms with E-state index in [0.717, 1.165) is 11.3 Å². The van der Waals surface area contributed by atoms with Gasteiger partial charge in [0.1, 0.15) is 0 Å². The third-order valence-electron chi connectivity index (χ3n) is 2.98. The van der Waals surface area contributed by atoms with Crippen LogP contribution < -0.4 is 4.90 Å². The van der Waals surface area contributed by atoms with E-state index in [9.17, 15) is 17.2 Å². The number of sulfone groups is 1. The van der Waals surface area contributed by atoms with Gasteiger partial charge in [-0.15, -0.1) is 0 Å². The third kappa shape index (κ3) is 3.55. The number of halogens is 2. The summed E-state index contributed by atoms with van der Waals surface area (Å²) in [7, 11) is -2.72. The number of hydrogen-bond donors (Lipinski definition) is 0. The maximum atomic E-state index is 12.4. The molecule has 7 heteroatoms. The van der Waals surface area contributed by atoms with Gasteiger partial charge in [0.05, 0.1) is 4.90 Å². The first kappa shape index (κ1) is 15.4. The Morgan fingerprint density at radius 2 is 1.86 bits per heavy atom. The van der Waals surface area contributed by atoms with Crippen LogP contribution in [-0.2, 0) is 16.4 Å². The highest BCUT2D eigenvalue weighted by Crippen LogP contribution is 2.22. The van der Waals surface area contributed by atoms with E-state index in [-0.39, 0.29) is 4.90 Å². The van der Waals surface area contributed by atoms with E-state index in [1.54, 1.807) is 12.4 Å². The van der Waals surface area contributed by atoms with Gasteiger partial charge in [-0.3, -0.25) is 4.98 Å². The molecule has 0 amide bonds. The van der Waals surface area contributed by atoms with Gasteiger partial charge in [0, 0.05) is 31.7 Å². The Morgan fingerprint density at radius 1 is 1.19 bits per heavy atom. The lowest BCUT2D eigenvalue weighted by molar-refractivity contribution is 0.234. The molecule has 21 heavy (non-hydrogen) atoms. The van der Waals surface area contributed by atoms with Gasteiger partial charge in [0.2, 0.25) is 9.84 Å². The molecule has 0 saturated heterocycles. The Kier molecular flexibility index (Phi) is 4.52. The van der Waals surface area contributed by atoms with Crippen molar-refractivity contribution in [3.05, 3.63) is 54.4 Å². The molecule has 0 bridgehead atoms. The van der Waals surface area contributed by atoms with Crippen LogP contribution >= 0.6 is 0 Å². The summed E-state index contributed by atoms with van der Waals surface area (Å²) in [6, 6.07) is 9.13. The van der Waals surface area contributed by atoms with Crippen LogP contribution in [0.3, 0.4) is 0 Å². The van der Waals surface area contributed by atoms with Crippen LogP contribution in [0.4, 0.5) is 14.5 Å². The van der Waals surface area contributed by atoms with Crippen molar-refractivity contribution in [2.24, 2.45) is 0 Å². The summed E-state index contributed by atoms with van der Waals surface area (Å²) in [5.74, 6) is -3.41. The minimum Gasteiger partial charge on any atom is -0.370 e. The highest BCUT2D eigenvalue weighted by atomic mass is 32.2. The first-order valence-corrected chi connectivity index (χ1v) is 7.68. The summed E-state index contributed by atoms with van der Waals surface area (Å²) in [5, 5.41) is 0. The molecule has 0 unspecified atom stereocenters. The summed E-state index contributed by atoms with van der Waals surface area (Å²) in [4.78, 5) is 5.50. The lowest BCUT2D eigenvalue weighted by atomic mass is 10.2. The molecule has 4 nitrogen and oxygen atoms in total. The van der Waals surface area contributed by atoms with Crippen LogP contribution in [0.15, 0.2) is 53.7 Å². The van der Waals surface area contributed by atoms with Crippen molar-refractivity contribution in [3.8, 4) is 0 Å². The third-order valence-corrected chi connectivity index (χ3v) is 4.38. The molecule has 112 valence electrons. The monoisotopic (exact) mass is 312 g/mol. The standard InChI is InChI=1S/C14H14F2N2O2S/c1-18(10-11-3-2-8-17-9-11)12-4-6-13(7-5-12)21(19,20)14(15)16/h2-9,14H,10H2,1H3. The van der Waals surface area contributed by atoms with E-state index in [4.69, 9.17) is 0 Å². The minimum absolute atomic E-state index is 0.379. The van der Waals surface area contributed by atoms with Crippen molar-refractivity contribution in [1.29, 1.82) is 0 Å². The fourth-order valence-electron chi connectivity index (χ4n) is 1.85. The number of aromatic nitrogens is 1. The largest absolute Gasteiger partial charge is 0.370 e. The van der Waals surface area contributed by atoms with Gasteiger partial charge in [-0.05, 0) is 35.9 Å². The Labute approximate surface area is 122 Å². The van der Waals surface area contributed by atoms with Gasteiger partial charge in [-0.25, -0.2) is 8.42 Å². The Balaban J connectivity index is 2.16. The zero-order valence-corrected chi connectivity index (χ0v) is 12.1. The van der Waals surface area contributed by atoms with Gasteiger partial charge in [0.15, 0.2) is 0 Å². The molecule has 2 rings (SSSR count). The zero-order valence-electron chi connectivity index (χ0n) is 11.3. The predicted molar refractivity (Wildman–Crippen MR) is 76.0 cm³/mol. The summed E-state index contributed by atoms with van der Waals surface area (Å²) < 4.78 is 47.5. The minimum atomic E-state index is -4.54. The molecule has 0 radical (unpaired) electrons. The summed E-state index contributed by atoms with van der Waals surface area (Å²) in [5.41, 5.74) is 1.72. The molecule has 0 aliphatic heterocycles. The topological polar surface area (TPSA) is 50.3 Å². The maximum Gasteiger partial charge on any atom is 0.341 e. The second-order valence-corrected chi connectivity index (χ2v) is 6.43. The molecule has 0 spiro atoms.